The number of nitrogens with one attached hydrogen (secondary N) is 2. The smallest absolute Gasteiger partial charge is 0.191 e. The van der Waals surface area contributed by atoms with Crippen molar-refractivity contribution in [3.8, 4) is 0 Å². The number of rotatable bonds is 13. The first-order valence-corrected chi connectivity index (χ1v) is 10.7. The molecule has 6 heteroatoms. The lowest BCUT2D eigenvalue weighted by molar-refractivity contribution is 0.292. The van der Waals surface area contributed by atoms with Gasteiger partial charge in [-0.3, -0.25) is 4.99 Å². The molecule has 0 bridgehead atoms. The normalized spacial score (nSPS) is 16.6. The molecule has 1 atom stereocenters. The Labute approximate surface area is 179 Å². The molecule has 26 heavy (non-hydrogen) atoms. The van der Waals surface area contributed by atoms with Crippen LogP contribution in [0.15, 0.2) is 4.99 Å². The van der Waals surface area contributed by atoms with E-state index in [2.05, 4.69) is 48.1 Å². The fourth-order valence-corrected chi connectivity index (χ4v) is 3.43. The summed E-state index contributed by atoms with van der Waals surface area (Å²) in [6.45, 7) is 18.1. The second-order valence-electron chi connectivity index (χ2n) is 7.23. The van der Waals surface area contributed by atoms with E-state index in [1.54, 1.807) is 0 Å². The van der Waals surface area contributed by atoms with Crippen LogP contribution in [0, 0.1) is 0 Å². The number of nitrogens with zero attached hydrogens (tertiary/aromatic N) is 3. The molecular formula is C20H44IN5. The van der Waals surface area contributed by atoms with E-state index in [9.17, 15) is 0 Å². The molecule has 0 aromatic rings. The molecule has 1 aliphatic heterocycles. The third kappa shape index (κ3) is 12.3. The molecule has 0 spiro atoms. The Kier molecular flexibility index (Phi) is 17.0. The second kappa shape index (κ2) is 17.0. The number of hydrogen-bond donors (Lipinski definition) is 2. The first-order chi connectivity index (χ1) is 12.2. The lowest BCUT2D eigenvalue weighted by Gasteiger charge is -2.21. The fraction of sp³-hybridized carbons (Fsp3) is 0.950. The van der Waals surface area contributed by atoms with Gasteiger partial charge in [-0.1, -0.05) is 13.8 Å². The molecule has 0 saturated carbocycles. The Morgan fingerprint density at radius 2 is 1.77 bits per heavy atom. The highest BCUT2D eigenvalue weighted by Gasteiger charge is 2.10. The average molecular weight is 482 g/mol. The molecule has 1 fully saturated rings. The topological polar surface area (TPSA) is 42.9 Å². The van der Waals surface area contributed by atoms with Gasteiger partial charge >= 0.3 is 0 Å². The van der Waals surface area contributed by atoms with Crippen LogP contribution in [0.25, 0.3) is 0 Å². The van der Waals surface area contributed by atoms with Crippen LogP contribution < -0.4 is 10.6 Å². The largest absolute Gasteiger partial charge is 0.357 e. The molecule has 1 rings (SSSR count). The van der Waals surface area contributed by atoms with Crippen molar-refractivity contribution in [2.24, 2.45) is 4.99 Å². The highest BCUT2D eigenvalue weighted by atomic mass is 127. The zero-order valence-electron chi connectivity index (χ0n) is 17.7. The minimum Gasteiger partial charge on any atom is -0.357 e. The van der Waals surface area contributed by atoms with E-state index < -0.39 is 0 Å². The third-order valence-corrected chi connectivity index (χ3v) is 5.08. The van der Waals surface area contributed by atoms with Gasteiger partial charge in [-0.05, 0) is 91.6 Å². The number of likely N-dealkylation sites (tertiary alicyclic amines) is 1. The maximum absolute atomic E-state index is 4.76. The van der Waals surface area contributed by atoms with Gasteiger partial charge in [-0.25, -0.2) is 0 Å². The molecule has 1 unspecified atom stereocenters. The summed E-state index contributed by atoms with van der Waals surface area (Å²) in [5.41, 5.74) is 0. The monoisotopic (exact) mass is 481 g/mol. The van der Waals surface area contributed by atoms with Gasteiger partial charge in [0.05, 0.1) is 0 Å². The number of hydrogen-bond acceptors (Lipinski definition) is 3. The van der Waals surface area contributed by atoms with Crippen molar-refractivity contribution in [2.45, 2.75) is 72.3 Å². The quantitative estimate of drug-likeness (QED) is 0.183. The van der Waals surface area contributed by atoms with Crippen LogP contribution in [0.2, 0.25) is 0 Å². The highest BCUT2D eigenvalue weighted by molar-refractivity contribution is 14.0. The zero-order chi connectivity index (χ0) is 18.3. The standard InChI is InChI=1S/C20H43N5.HI/c1-5-21-20(22-14-8-9-15-25-16-10-11-17-25)23-19(4)13-12-18-24(6-2)7-3;/h19H,5-18H2,1-4H3,(H2,21,22,23);1H. The predicted octanol–water partition coefficient (Wildman–Crippen LogP) is 3.55. The summed E-state index contributed by atoms with van der Waals surface area (Å²) in [6.07, 6.45) is 7.66. The van der Waals surface area contributed by atoms with Gasteiger partial charge in [0, 0.05) is 19.1 Å². The van der Waals surface area contributed by atoms with Gasteiger partial charge in [0.1, 0.15) is 0 Å². The summed E-state index contributed by atoms with van der Waals surface area (Å²) in [7, 11) is 0. The van der Waals surface area contributed by atoms with Crippen molar-refractivity contribution in [2.75, 3.05) is 52.4 Å². The molecule has 0 radical (unpaired) electrons. The van der Waals surface area contributed by atoms with E-state index in [0.29, 0.717) is 6.04 Å². The first kappa shape index (κ1) is 25.9. The van der Waals surface area contributed by atoms with E-state index in [-0.39, 0.29) is 24.0 Å². The van der Waals surface area contributed by atoms with Crippen molar-refractivity contribution in [3.63, 3.8) is 0 Å². The van der Waals surface area contributed by atoms with Gasteiger partial charge in [0.2, 0.25) is 0 Å². The molecule has 0 aromatic heterocycles. The number of guanidine groups is 1. The van der Waals surface area contributed by atoms with Crippen molar-refractivity contribution in [1.29, 1.82) is 0 Å². The van der Waals surface area contributed by atoms with Crippen LogP contribution in [0.3, 0.4) is 0 Å². The molecule has 1 heterocycles. The summed E-state index contributed by atoms with van der Waals surface area (Å²) >= 11 is 0. The molecule has 0 aromatic carbocycles. The molecular weight excluding hydrogens is 437 g/mol. The van der Waals surface area contributed by atoms with Crippen molar-refractivity contribution >= 4 is 29.9 Å². The van der Waals surface area contributed by atoms with Gasteiger partial charge in [0.15, 0.2) is 5.96 Å². The van der Waals surface area contributed by atoms with Crippen LogP contribution in [0.4, 0.5) is 0 Å². The van der Waals surface area contributed by atoms with E-state index in [4.69, 9.17) is 4.99 Å². The highest BCUT2D eigenvalue weighted by Crippen LogP contribution is 2.08. The first-order valence-electron chi connectivity index (χ1n) is 10.7. The predicted molar refractivity (Wildman–Crippen MR) is 126 cm³/mol. The zero-order valence-corrected chi connectivity index (χ0v) is 20.1. The van der Waals surface area contributed by atoms with E-state index in [1.165, 1.54) is 64.7 Å². The van der Waals surface area contributed by atoms with Gasteiger partial charge in [-0.15, -0.1) is 24.0 Å². The summed E-state index contributed by atoms with van der Waals surface area (Å²) in [6, 6.07) is 0.470. The molecule has 156 valence electrons. The Balaban J connectivity index is 0.00000625. The Hall–Kier alpha value is -0.0800. The van der Waals surface area contributed by atoms with Gasteiger partial charge in [-0.2, -0.15) is 0 Å². The molecule has 0 aliphatic carbocycles. The van der Waals surface area contributed by atoms with Crippen LogP contribution >= 0.6 is 24.0 Å². The molecule has 5 nitrogen and oxygen atoms in total. The van der Waals surface area contributed by atoms with Crippen LogP contribution in [-0.2, 0) is 0 Å². The van der Waals surface area contributed by atoms with Crippen LogP contribution in [0.1, 0.15) is 66.2 Å². The van der Waals surface area contributed by atoms with Crippen LogP contribution in [0.5, 0.6) is 0 Å². The minimum atomic E-state index is 0. The van der Waals surface area contributed by atoms with E-state index in [0.717, 1.165) is 32.1 Å². The summed E-state index contributed by atoms with van der Waals surface area (Å²) in [5, 5.41) is 6.95. The third-order valence-electron chi connectivity index (χ3n) is 5.08. The maximum Gasteiger partial charge on any atom is 0.191 e. The molecule has 1 saturated heterocycles. The molecule has 2 N–H and O–H groups in total. The lowest BCUT2D eigenvalue weighted by Crippen LogP contribution is -2.42. The Morgan fingerprint density at radius 3 is 2.38 bits per heavy atom. The lowest BCUT2D eigenvalue weighted by atomic mass is 10.2. The van der Waals surface area contributed by atoms with Gasteiger partial charge < -0.3 is 20.4 Å². The van der Waals surface area contributed by atoms with E-state index in [1.807, 2.05) is 0 Å². The number of halogens is 1. The molecule has 0 amide bonds. The van der Waals surface area contributed by atoms with Crippen LogP contribution in [-0.4, -0.2) is 74.2 Å². The fourth-order valence-electron chi connectivity index (χ4n) is 3.43. The molecule has 1 aliphatic rings. The number of unbranched alkanes of at least 4 members (excludes halogenated alkanes) is 1. The second-order valence-corrected chi connectivity index (χ2v) is 7.23. The average Bonchev–Trinajstić information content (AvgIpc) is 3.12. The maximum atomic E-state index is 4.76. The summed E-state index contributed by atoms with van der Waals surface area (Å²) in [5.74, 6) is 0.985. The minimum absolute atomic E-state index is 0. The van der Waals surface area contributed by atoms with E-state index >= 15 is 0 Å². The van der Waals surface area contributed by atoms with Crippen molar-refractivity contribution < 1.29 is 0 Å². The summed E-state index contributed by atoms with van der Waals surface area (Å²) < 4.78 is 0. The SMILES string of the molecule is CCNC(=NCCCCN1CCCC1)NC(C)CCCN(CC)CC.I. The Morgan fingerprint density at radius 1 is 1.08 bits per heavy atom. The van der Waals surface area contributed by atoms with Gasteiger partial charge in [0.25, 0.3) is 0 Å². The van der Waals surface area contributed by atoms with Crippen molar-refractivity contribution in [1.82, 2.24) is 20.4 Å². The summed E-state index contributed by atoms with van der Waals surface area (Å²) in [4.78, 5) is 9.84. The Bertz CT molecular complexity index is 341. The number of aliphatic imine (C=N–C) groups is 1. The van der Waals surface area contributed by atoms with Crippen molar-refractivity contribution in [3.05, 3.63) is 0 Å².